The van der Waals surface area contributed by atoms with Crippen LogP contribution in [-0.2, 0) is 11.8 Å². The molecule has 2 amide bonds. The van der Waals surface area contributed by atoms with Gasteiger partial charge in [0, 0.05) is 57.7 Å². The second-order valence-electron chi connectivity index (χ2n) is 6.93. The molecule has 142 valence electrons. The standard InChI is InChI=1S/C19H22FN5O2/c1-23-9-7-22-18(23)16-12-21-6-10-25(16)19(27)14-11-13(4-5-15(14)20)24-8-2-3-17(24)26/h4-5,7,9,11,16,21H,2-3,6,8,10,12H2,1H3. The van der Waals surface area contributed by atoms with Crippen LogP contribution in [0.3, 0.4) is 0 Å². The van der Waals surface area contributed by atoms with Gasteiger partial charge in [-0.05, 0) is 24.6 Å². The highest BCUT2D eigenvalue weighted by Gasteiger charge is 2.33. The topological polar surface area (TPSA) is 70.5 Å². The van der Waals surface area contributed by atoms with Crippen LogP contribution >= 0.6 is 0 Å². The molecule has 7 nitrogen and oxygen atoms in total. The summed E-state index contributed by atoms with van der Waals surface area (Å²) in [5.41, 5.74) is 0.569. The quantitative estimate of drug-likeness (QED) is 0.887. The minimum Gasteiger partial charge on any atom is -0.336 e. The van der Waals surface area contributed by atoms with Gasteiger partial charge in [-0.25, -0.2) is 9.37 Å². The highest BCUT2D eigenvalue weighted by Crippen LogP contribution is 2.27. The van der Waals surface area contributed by atoms with Crippen molar-refractivity contribution in [1.29, 1.82) is 0 Å². The van der Waals surface area contributed by atoms with E-state index in [-0.39, 0.29) is 23.4 Å². The van der Waals surface area contributed by atoms with Crippen molar-refractivity contribution >= 4 is 17.5 Å². The molecule has 2 aromatic rings. The van der Waals surface area contributed by atoms with E-state index in [1.54, 1.807) is 22.1 Å². The van der Waals surface area contributed by atoms with Gasteiger partial charge in [0.25, 0.3) is 5.91 Å². The van der Waals surface area contributed by atoms with Crippen molar-refractivity contribution < 1.29 is 14.0 Å². The summed E-state index contributed by atoms with van der Waals surface area (Å²) in [5, 5.41) is 3.27. The minimum atomic E-state index is -0.576. The van der Waals surface area contributed by atoms with Crippen molar-refractivity contribution in [3.05, 3.63) is 47.8 Å². The third-order valence-electron chi connectivity index (χ3n) is 5.23. The summed E-state index contributed by atoms with van der Waals surface area (Å²) in [7, 11) is 1.87. The van der Waals surface area contributed by atoms with E-state index in [2.05, 4.69) is 10.3 Å². The van der Waals surface area contributed by atoms with E-state index in [9.17, 15) is 14.0 Å². The number of amides is 2. The second-order valence-corrected chi connectivity index (χ2v) is 6.93. The van der Waals surface area contributed by atoms with Crippen LogP contribution in [0.5, 0.6) is 0 Å². The maximum Gasteiger partial charge on any atom is 0.257 e. The molecule has 1 N–H and O–H groups in total. The lowest BCUT2D eigenvalue weighted by atomic mass is 10.1. The van der Waals surface area contributed by atoms with E-state index in [0.717, 1.165) is 12.2 Å². The Bertz CT molecular complexity index is 881. The Kier molecular flexibility index (Phi) is 4.65. The Morgan fingerprint density at radius 3 is 2.89 bits per heavy atom. The van der Waals surface area contributed by atoms with Crippen LogP contribution in [0.4, 0.5) is 10.1 Å². The van der Waals surface area contributed by atoms with Gasteiger partial charge >= 0.3 is 0 Å². The summed E-state index contributed by atoms with van der Waals surface area (Å²) in [6.45, 7) is 2.26. The molecule has 0 bridgehead atoms. The van der Waals surface area contributed by atoms with Crippen molar-refractivity contribution in [2.75, 3.05) is 31.1 Å². The van der Waals surface area contributed by atoms with Gasteiger partial charge in [-0.1, -0.05) is 0 Å². The molecule has 0 aliphatic carbocycles. The molecule has 4 rings (SSSR count). The Balaban J connectivity index is 1.66. The normalized spacial score (nSPS) is 20.4. The molecule has 27 heavy (non-hydrogen) atoms. The van der Waals surface area contributed by atoms with Crippen molar-refractivity contribution in [1.82, 2.24) is 19.8 Å². The lowest BCUT2D eigenvalue weighted by Gasteiger charge is -2.36. The van der Waals surface area contributed by atoms with Gasteiger partial charge < -0.3 is 19.7 Å². The monoisotopic (exact) mass is 371 g/mol. The summed E-state index contributed by atoms with van der Waals surface area (Å²) in [5.74, 6) is -0.196. The van der Waals surface area contributed by atoms with Crippen molar-refractivity contribution in [2.45, 2.75) is 18.9 Å². The summed E-state index contributed by atoms with van der Waals surface area (Å²) >= 11 is 0. The van der Waals surface area contributed by atoms with E-state index in [4.69, 9.17) is 0 Å². The number of imidazole rings is 1. The number of aryl methyl sites for hydroxylation is 1. The summed E-state index contributed by atoms with van der Waals surface area (Å²) in [4.78, 5) is 32.8. The third kappa shape index (κ3) is 3.21. The molecule has 0 spiro atoms. The predicted octanol–water partition coefficient (Wildman–Crippen LogP) is 1.47. The van der Waals surface area contributed by atoms with Crippen LogP contribution in [0.2, 0.25) is 0 Å². The number of halogens is 1. The molecule has 2 saturated heterocycles. The van der Waals surface area contributed by atoms with E-state index in [0.29, 0.717) is 38.3 Å². The Morgan fingerprint density at radius 2 is 2.19 bits per heavy atom. The molecule has 2 aliphatic rings. The number of piperazine rings is 1. The number of hydrogen-bond donors (Lipinski definition) is 1. The summed E-state index contributed by atoms with van der Waals surface area (Å²) in [6.07, 6.45) is 4.78. The Morgan fingerprint density at radius 1 is 1.33 bits per heavy atom. The average molecular weight is 371 g/mol. The molecule has 0 saturated carbocycles. The molecule has 1 aromatic heterocycles. The van der Waals surface area contributed by atoms with E-state index in [1.165, 1.54) is 12.1 Å². The van der Waals surface area contributed by atoms with Crippen LogP contribution in [0.15, 0.2) is 30.6 Å². The van der Waals surface area contributed by atoms with Crippen LogP contribution in [0.1, 0.15) is 35.1 Å². The Hall–Kier alpha value is -2.74. The van der Waals surface area contributed by atoms with Crippen LogP contribution in [0, 0.1) is 5.82 Å². The summed E-state index contributed by atoms with van der Waals surface area (Å²) in [6, 6.07) is 4.05. The first-order valence-corrected chi connectivity index (χ1v) is 9.15. The van der Waals surface area contributed by atoms with Crippen molar-refractivity contribution in [3.8, 4) is 0 Å². The maximum atomic E-state index is 14.5. The van der Waals surface area contributed by atoms with Crippen molar-refractivity contribution in [3.63, 3.8) is 0 Å². The van der Waals surface area contributed by atoms with Gasteiger partial charge in [0.1, 0.15) is 17.7 Å². The summed E-state index contributed by atoms with van der Waals surface area (Å²) < 4.78 is 16.4. The number of nitrogens with zero attached hydrogens (tertiary/aromatic N) is 4. The lowest BCUT2D eigenvalue weighted by molar-refractivity contribution is -0.117. The number of anilines is 1. The molecule has 0 radical (unpaired) electrons. The lowest BCUT2D eigenvalue weighted by Crippen LogP contribution is -2.49. The number of rotatable bonds is 3. The largest absolute Gasteiger partial charge is 0.336 e. The highest BCUT2D eigenvalue weighted by atomic mass is 19.1. The number of carbonyl (C=O) groups is 2. The molecule has 2 fully saturated rings. The fourth-order valence-corrected chi connectivity index (χ4v) is 3.80. The zero-order valence-corrected chi connectivity index (χ0v) is 15.2. The van der Waals surface area contributed by atoms with Gasteiger partial charge in [-0.15, -0.1) is 0 Å². The molecular formula is C19H22FN5O2. The molecule has 1 aromatic carbocycles. The number of aromatic nitrogens is 2. The maximum absolute atomic E-state index is 14.5. The van der Waals surface area contributed by atoms with Crippen LogP contribution in [0.25, 0.3) is 0 Å². The first kappa shape index (κ1) is 17.7. The predicted molar refractivity (Wildman–Crippen MR) is 97.8 cm³/mol. The smallest absolute Gasteiger partial charge is 0.257 e. The van der Waals surface area contributed by atoms with Crippen LogP contribution in [-0.4, -0.2) is 52.4 Å². The molecule has 2 aliphatic heterocycles. The fourth-order valence-electron chi connectivity index (χ4n) is 3.80. The molecule has 1 unspecified atom stereocenters. The minimum absolute atomic E-state index is 0.00620. The van der Waals surface area contributed by atoms with Gasteiger partial charge in [0.05, 0.1) is 5.56 Å². The molecule has 8 heteroatoms. The highest BCUT2D eigenvalue weighted by molar-refractivity contribution is 5.99. The zero-order chi connectivity index (χ0) is 19.0. The third-order valence-corrected chi connectivity index (χ3v) is 5.23. The zero-order valence-electron chi connectivity index (χ0n) is 15.2. The van der Waals surface area contributed by atoms with Gasteiger partial charge in [-0.3, -0.25) is 9.59 Å². The van der Waals surface area contributed by atoms with Gasteiger partial charge in [0.15, 0.2) is 0 Å². The SMILES string of the molecule is Cn1ccnc1C1CNCCN1C(=O)c1cc(N2CCCC2=O)ccc1F. The van der Waals surface area contributed by atoms with E-state index >= 15 is 0 Å². The Labute approximate surface area is 156 Å². The fraction of sp³-hybridized carbons (Fsp3) is 0.421. The van der Waals surface area contributed by atoms with E-state index < -0.39 is 5.82 Å². The molecular weight excluding hydrogens is 349 g/mol. The number of hydrogen-bond acceptors (Lipinski definition) is 4. The number of carbonyl (C=O) groups excluding carboxylic acids is 2. The number of benzene rings is 1. The second kappa shape index (κ2) is 7.11. The van der Waals surface area contributed by atoms with Gasteiger partial charge in [0.2, 0.25) is 5.91 Å². The average Bonchev–Trinajstić information content (AvgIpc) is 3.30. The van der Waals surface area contributed by atoms with Crippen LogP contribution < -0.4 is 10.2 Å². The molecule has 3 heterocycles. The van der Waals surface area contributed by atoms with E-state index in [1.807, 2.05) is 17.8 Å². The first-order valence-electron chi connectivity index (χ1n) is 9.15. The number of nitrogens with one attached hydrogen (secondary N) is 1. The first-order chi connectivity index (χ1) is 13.1. The van der Waals surface area contributed by atoms with Gasteiger partial charge in [-0.2, -0.15) is 0 Å². The molecule has 1 atom stereocenters. The van der Waals surface area contributed by atoms with Crippen molar-refractivity contribution in [2.24, 2.45) is 7.05 Å².